The molecule has 98 valence electrons. The van der Waals surface area contributed by atoms with Crippen LogP contribution in [-0.4, -0.2) is 31.4 Å². The smallest absolute Gasteiger partial charge is 0.137 e. The van der Waals surface area contributed by atoms with E-state index in [2.05, 4.69) is 10.1 Å². The molecule has 1 unspecified atom stereocenters. The molecule has 4 nitrogen and oxygen atoms in total. The maximum atomic E-state index is 10.8. The molecule has 0 radical (unpaired) electrons. The first-order valence-electron chi connectivity index (χ1n) is 6.00. The van der Waals surface area contributed by atoms with Crippen LogP contribution in [0.2, 0.25) is 0 Å². The lowest BCUT2D eigenvalue weighted by atomic mass is 9.73. The van der Waals surface area contributed by atoms with Gasteiger partial charge in [0.2, 0.25) is 0 Å². The summed E-state index contributed by atoms with van der Waals surface area (Å²) in [5.41, 5.74) is -0.988. The zero-order valence-electron chi connectivity index (χ0n) is 10.9. The van der Waals surface area contributed by atoms with Crippen LogP contribution in [0.4, 0.5) is 0 Å². The van der Waals surface area contributed by atoms with Crippen molar-refractivity contribution in [3.63, 3.8) is 0 Å². The van der Waals surface area contributed by atoms with Crippen molar-refractivity contribution in [3.8, 4) is 0 Å². The lowest BCUT2D eigenvalue weighted by Gasteiger charge is -2.40. The van der Waals surface area contributed by atoms with E-state index >= 15 is 0 Å². The molecule has 0 aliphatic rings. The molecule has 0 saturated heterocycles. The van der Waals surface area contributed by atoms with Gasteiger partial charge in [0.15, 0.2) is 0 Å². The molecule has 5 heteroatoms. The molecule has 1 aromatic rings. The molecule has 0 fully saturated rings. The van der Waals surface area contributed by atoms with Crippen molar-refractivity contribution in [1.82, 2.24) is 14.8 Å². The first-order valence-corrected chi connectivity index (χ1v) is 6.53. The van der Waals surface area contributed by atoms with Crippen LogP contribution in [0, 0.1) is 5.41 Å². The van der Waals surface area contributed by atoms with Gasteiger partial charge in [-0.25, -0.2) is 4.98 Å². The Morgan fingerprint density at radius 1 is 1.29 bits per heavy atom. The standard InChI is InChI=1S/C12H22ClN3O/c1-11(2,3)12(17,6-4-5-7-13)8-16-10-14-9-15-16/h9-10,17H,4-8H2,1-3H3. The predicted octanol–water partition coefficient (Wildman–Crippen LogP) is 2.46. The van der Waals surface area contributed by atoms with Gasteiger partial charge in [-0.3, -0.25) is 4.68 Å². The topological polar surface area (TPSA) is 50.9 Å². The van der Waals surface area contributed by atoms with Crippen molar-refractivity contribution in [2.75, 3.05) is 5.88 Å². The van der Waals surface area contributed by atoms with E-state index < -0.39 is 5.60 Å². The zero-order chi connectivity index (χ0) is 12.9. The Labute approximate surface area is 108 Å². The van der Waals surface area contributed by atoms with Gasteiger partial charge in [-0.2, -0.15) is 5.10 Å². The summed E-state index contributed by atoms with van der Waals surface area (Å²) < 4.78 is 1.69. The summed E-state index contributed by atoms with van der Waals surface area (Å²) in [5.74, 6) is 0.642. The summed E-state index contributed by atoms with van der Waals surface area (Å²) >= 11 is 5.68. The molecular weight excluding hydrogens is 238 g/mol. The Morgan fingerprint density at radius 3 is 2.47 bits per heavy atom. The second-order valence-electron chi connectivity index (χ2n) is 5.52. The molecule has 1 aromatic heterocycles. The quantitative estimate of drug-likeness (QED) is 0.631. The van der Waals surface area contributed by atoms with Crippen LogP contribution >= 0.6 is 11.6 Å². The number of alkyl halides is 1. The predicted molar refractivity (Wildman–Crippen MR) is 69.0 cm³/mol. The minimum atomic E-state index is -0.785. The maximum Gasteiger partial charge on any atom is 0.137 e. The normalized spacial score (nSPS) is 15.8. The van der Waals surface area contributed by atoms with Gasteiger partial charge < -0.3 is 5.11 Å². The van der Waals surface area contributed by atoms with Crippen LogP contribution in [0.25, 0.3) is 0 Å². The van der Waals surface area contributed by atoms with Gasteiger partial charge in [0, 0.05) is 5.88 Å². The van der Waals surface area contributed by atoms with E-state index in [1.54, 1.807) is 11.0 Å². The molecule has 0 amide bonds. The number of nitrogens with zero attached hydrogens (tertiary/aromatic N) is 3. The molecule has 0 saturated carbocycles. The molecule has 1 rings (SSSR count). The molecule has 0 aliphatic heterocycles. The SMILES string of the molecule is CC(C)(C)C(O)(CCCCCl)Cn1cncn1. The lowest BCUT2D eigenvalue weighted by molar-refractivity contribution is -0.0811. The minimum Gasteiger partial charge on any atom is -0.387 e. The third-order valence-electron chi connectivity index (χ3n) is 3.26. The third-order valence-corrected chi connectivity index (χ3v) is 3.53. The lowest BCUT2D eigenvalue weighted by Crippen LogP contribution is -2.46. The number of rotatable bonds is 6. The number of aromatic nitrogens is 3. The van der Waals surface area contributed by atoms with Crippen LogP contribution in [-0.2, 0) is 6.54 Å². The summed E-state index contributed by atoms with van der Waals surface area (Å²) in [6.07, 6.45) is 5.70. The summed E-state index contributed by atoms with van der Waals surface area (Å²) in [5, 5.41) is 14.9. The molecule has 1 atom stereocenters. The van der Waals surface area contributed by atoms with Crippen molar-refractivity contribution in [1.29, 1.82) is 0 Å². The van der Waals surface area contributed by atoms with Gasteiger partial charge in [0.25, 0.3) is 0 Å². The fourth-order valence-corrected chi connectivity index (χ4v) is 1.97. The van der Waals surface area contributed by atoms with Gasteiger partial charge in [-0.1, -0.05) is 20.8 Å². The van der Waals surface area contributed by atoms with Gasteiger partial charge >= 0.3 is 0 Å². The highest BCUT2D eigenvalue weighted by Gasteiger charge is 2.39. The van der Waals surface area contributed by atoms with E-state index in [4.69, 9.17) is 11.6 Å². The largest absolute Gasteiger partial charge is 0.387 e. The van der Waals surface area contributed by atoms with Crippen molar-refractivity contribution < 1.29 is 5.11 Å². The number of halogens is 1. The van der Waals surface area contributed by atoms with E-state index in [1.165, 1.54) is 6.33 Å². The van der Waals surface area contributed by atoms with E-state index in [-0.39, 0.29) is 5.41 Å². The van der Waals surface area contributed by atoms with E-state index in [9.17, 15) is 5.11 Å². The molecule has 0 aromatic carbocycles. The van der Waals surface area contributed by atoms with Crippen LogP contribution in [0.1, 0.15) is 40.0 Å². The van der Waals surface area contributed by atoms with Gasteiger partial charge in [0.05, 0.1) is 12.1 Å². The van der Waals surface area contributed by atoms with Crippen LogP contribution < -0.4 is 0 Å². The van der Waals surface area contributed by atoms with Crippen molar-refractivity contribution >= 4 is 11.6 Å². The second-order valence-corrected chi connectivity index (χ2v) is 5.90. The summed E-state index contributed by atoms with van der Waals surface area (Å²) in [6.45, 7) is 6.61. The number of aliphatic hydroxyl groups is 1. The van der Waals surface area contributed by atoms with Gasteiger partial charge in [0.1, 0.15) is 12.7 Å². The van der Waals surface area contributed by atoms with Gasteiger partial charge in [-0.05, 0) is 24.7 Å². The van der Waals surface area contributed by atoms with E-state index in [0.717, 1.165) is 19.3 Å². The van der Waals surface area contributed by atoms with Crippen LogP contribution in [0.3, 0.4) is 0 Å². The average Bonchev–Trinajstić information content (AvgIpc) is 2.69. The molecule has 0 spiro atoms. The first-order chi connectivity index (χ1) is 7.89. The number of unbranched alkanes of at least 4 members (excludes halogenated alkanes) is 1. The highest BCUT2D eigenvalue weighted by Crippen LogP contribution is 2.35. The highest BCUT2D eigenvalue weighted by molar-refractivity contribution is 6.17. The molecule has 17 heavy (non-hydrogen) atoms. The van der Waals surface area contributed by atoms with Crippen LogP contribution in [0.5, 0.6) is 0 Å². The number of hydrogen-bond donors (Lipinski definition) is 1. The average molecular weight is 260 g/mol. The van der Waals surface area contributed by atoms with Crippen molar-refractivity contribution in [3.05, 3.63) is 12.7 Å². The summed E-state index contributed by atoms with van der Waals surface area (Å²) in [7, 11) is 0. The minimum absolute atomic E-state index is 0.203. The molecule has 1 N–H and O–H groups in total. The van der Waals surface area contributed by atoms with Crippen molar-refractivity contribution in [2.24, 2.45) is 5.41 Å². The molecular formula is C12H22ClN3O. The number of hydrogen-bond acceptors (Lipinski definition) is 3. The van der Waals surface area contributed by atoms with E-state index in [1.807, 2.05) is 20.8 Å². The summed E-state index contributed by atoms with van der Waals surface area (Å²) in [4.78, 5) is 3.90. The zero-order valence-corrected chi connectivity index (χ0v) is 11.6. The monoisotopic (exact) mass is 259 g/mol. The Bertz CT molecular complexity index is 321. The maximum absolute atomic E-state index is 10.8. The van der Waals surface area contributed by atoms with Gasteiger partial charge in [-0.15, -0.1) is 11.6 Å². The Hall–Kier alpha value is -0.610. The first kappa shape index (κ1) is 14.5. The molecule has 0 aliphatic carbocycles. The Balaban J connectivity index is 2.72. The van der Waals surface area contributed by atoms with E-state index in [0.29, 0.717) is 12.4 Å². The second kappa shape index (κ2) is 5.83. The summed E-state index contributed by atoms with van der Waals surface area (Å²) in [6, 6.07) is 0. The third kappa shape index (κ3) is 3.96. The Kier molecular flexibility index (Phi) is 4.95. The molecule has 0 bridgehead atoms. The Morgan fingerprint density at radius 2 is 2.00 bits per heavy atom. The fraction of sp³-hybridized carbons (Fsp3) is 0.833. The molecule has 1 heterocycles. The van der Waals surface area contributed by atoms with Crippen molar-refractivity contribution in [2.45, 2.75) is 52.2 Å². The fourth-order valence-electron chi connectivity index (χ4n) is 1.79. The highest BCUT2D eigenvalue weighted by atomic mass is 35.5. The van der Waals surface area contributed by atoms with Crippen LogP contribution in [0.15, 0.2) is 12.7 Å².